The number of carboxylic acids is 1. The number of rotatable bonds is 5. The van der Waals surface area contributed by atoms with Crippen molar-refractivity contribution in [1.82, 2.24) is 9.80 Å². The van der Waals surface area contributed by atoms with Crippen LogP contribution in [0.1, 0.15) is 29.5 Å². The maximum atomic E-state index is 11.0. The van der Waals surface area contributed by atoms with Crippen molar-refractivity contribution < 1.29 is 14.3 Å². The molecule has 5 heteroatoms. The quantitative estimate of drug-likeness (QED) is 0.860. The Morgan fingerprint density at radius 1 is 1.33 bits per heavy atom. The Labute approximate surface area is 107 Å². The van der Waals surface area contributed by atoms with E-state index in [2.05, 4.69) is 16.7 Å². The third-order valence-electron chi connectivity index (χ3n) is 3.35. The van der Waals surface area contributed by atoms with Crippen LogP contribution < -0.4 is 0 Å². The molecule has 2 heterocycles. The Bertz CT molecular complexity index is 395. The summed E-state index contributed by atoms with van der Waals surface area (Å²) >= 11 is 0. The Morgan fingerprint density at radius 3 is 2.61 bits per heavy atom. The minimum Gasteiger partial charge on any atom is -0.478 e. The van der Waals surface area contributed by atoms with Crippen LogP contribution in [0.25, 0.3) is 0 Å². The van der Waals surface area contributed by atoms with Crippen molar-refractivity contribution >= 4 is 5.97 Å². The third-order valence-corrected chi connectivity index (χ3v) is 3.35. The number of hydrogen-bond acceptors (Lipinski definition) is 4. The zero-order valence-corrected chi connectivity index (χ0v) is 10.8. The van der Waals surface area contributed by atoms with E-state index in [4.69, 9.17) is 9.52 Å². The second-order valence-electron chi connectivity index (χ2n) is 4.68. The summed E-state index contributed by atoms with van der Waals surface area (Å²) in [6.45, 7) is 7.98. The van der Waals surface area contributed by atoms with Crippen LogP contribution in [-0.4, -0.2) is 53.6 Å². The van der Waals surface area contributed by atoms with E-state index in [0.717, 1.165) is 32.7 Å². The zero-order chi connectivity index (χ0) is 13.0. The van der Waals surface area contributed by atoms with Crippen molar-refractivity contribution in [3.8, 4) is 0 Å². The Hall–Kier alpha value is -1.33. The van der Waals surface area contributed by atoms with Gasteiger partial charge in [-0.15, -0.1) is 0 Å². The van der Waals surface area contributed by atoms with E-state index in [1.165, 1.54) is 18.8 Å². The van der Waals surface area contributed by atoms with Crippen molar-refractivity contribution in [1.29, 1.82) is 0 Å². The van der Waals surface area contributed by atoms with Gasteiger partial charge in [-0.05, 0) is 19.0 Å². The molecule has 1 N–H and O–H groups in total. The average Bonchev–Trinajstić information content (AvgIpc) is 2.80. The molecule has 0 atom stereocenters. The first-order valence-corrected chi connectivity index (χ1v) is 6.45. The van der Waals surface area contributed by atoms with Gasteiger partial charge in [-0.25, -0.2) is 4.79 Å². The van der Waals surface area contributed by atoms with Gasteiger partial charge in [0.2, 0.25) is 0 Å². The predicted octanol–water partition coefficient (Wildman–Crippen LogP) is 1.51. The summed E-state index contributed by atoms with van der Waals surface area (Å²) in [7, 11) is 0. The van der Waals surface area contributed by atoms with Crippen LogP contribution in [0.15, 0.2) is 16.7 Å². The van der Waals surface area contributed by atoms with Crippen molar-refractivity contribution in [2.24, 2.45) is 0 Å². The van der Waals surface area contributed by atoms with Crippen LogP contribution in [0.4, 0.5) is 0 Å². The van der Waals surface area contributed by atoms with Gasteiger partial charge in [0, 0.05) is 26.2 Å². The summed E-state index contributed by atoms with van der Waals surface area (Å²) < 4.78 is 5.27. The SMILES string of the molecule is CCCN1CCN(Cc2occc2C(=O)O)CC1. The fourth-order valence-corrected chi connectivity index (χ4v) is 2.34. The molecule has 1 aromatic rings. The van der Waals surface area contributed by atoms with E-state index < -0.39 is 5.97 Å². The molecule has 0 aliphatic carbocycles. The molecule has 1 saturated heterocycles. The van der Waals surface area contributed by atoms with E-state index in [1.807, 2.05) is 0 Å². The van der Waals surface area contributed by atoms with Gasteiger partial charge in [-0.3, -0.25) is 4.90 Å². The molecule has 0 spiro atoms. The molecule has 1 aliphatic heterocycles. The van der Waals surface area contributed by atoms with E-state index in [9.17, 15) is 4.79 Å². The van der Waals surface area contributed by atoms with Crippen LogP contribution in [0.5, 0.6) is 0 Å². The van der Waals surface area contributed by atoms with Gasteiger partial charge in [0.1, 0.15) is 11.3 Å². The van der Waals surface area contributed by atoms with E-state index in [-0.39, 0.29) is 5.56 Å². The van der Waals surface area contributed by atoms with E-state index in [0.29, 0.717) is 12.3 Å². The van der Waals surface area contributed by atoms with Crippen molar-refractivity contribution in [3.63, 3.8) is 0 Å². The molecule has 0 bridgehead atoms. The fourth-order valence-electron chi connectivity index (χ4n) is 2.34. The number of aromatic carboxylic acids is 1. The summed E-state index contributed by atoms with van der Waals surface area (Å²) in [4.78, 5) is 15.7. The van der Waals surface area contributed by atoms with Crippen LogP contribution in [0, 0.1) is 0 Å². The monoisotopic (exact) mass is 252 g/mol. The summed E-state index contributed by atoms with van der Waals surface area (Å²) in [6.07, 6.45) is 2.63. The maximum absolute atomic E-state index is 11.0. The average molecular weight is 252 g/mol. The van der Waals surface area contributed by atoms with Gasteiger partial charge < -0.3 is 14.4 Å². The summed E-state index contributed by atoms with van der Waals surface area (Å²) in [5.74, 6) is -0.352. The first-order chi connectivity index (χ1) is 8.70. The molecule has 0 radical (unpaired) electrons. The first kappa shape index (κ1) is 13.1. The predicted molar refractivity (Wildman–Crippen MR) is 67.7 cm³/mol. The van der Waals surface area contributed by atoms with E-state index >= 15 is 0 Å². The Kier molecular flexibility index (Phi) is 4.38. The zero-order valence-electron chi connectivity index (χ0n) is 10.8. The molecule has 0 amide bonds. The highest BCUT2D eigenvalue weighted by Crippen LogP contribution is 2.14. The van der Waals surface area contributed by atoms with Gasteiger partial charge >= 0.3 is 5.97 Å². The van der Waals surface area contributed by atoms with E-state index in [1.54, 1.807) is 0 Å². The van der Waals surface area contributed by atoms with Gasteiger partial charge in [-0.2, -0.15) is 0 Å². The number of carbonyl (C=O) groups is 1. The van der Waals surface area contributed by atoms with Crippen molar-refractivity contribution in [2.45, 2.75) is 19.9 Å². The van der Waals surface area contributed by atoms with Gasteiger partial charge in [0.05, 0.1) is 12.8 Å². The number of carboxylic acid groups (broad SMARTS) is 1. The maximum Gasteiger partial charge on any atom is 0.339 e. The second kappa shape index (κ2) is 6.02. The van der Waals surface area contributed by atoms with Crippen molar-refractivity contribution in [2.75, 3.05) is 32.7 Å². The lowest BCUT2D eigenvalue weighted by Gasteiger charge is -2.34. The fraction of sp³-hybridized carbons (Fsp3) is 0.615. The largest absolute Gasteiger partial charge is 0.478 e. The van der Waals surface area contributed by atoms with Crippen LogP contribution in [-0.2, 0) is 6.54 Å². The highest BCUT2D eigenvalue weighted by atomic mass is 16.4. The number of furan rings is 1. The molecule has 18 heavy (non-hydrogen) atoms. The summed E-state index contributed by atoms with van der Waals surface area (Å²) in [5, 5.41) is 9.01. The van der Waals surface area contributed by atoms with Crippen LogP contribution in [0.2, 0.25) is 0 Å². The molecule has 2 rings (SSSR count). The van der Waals surface area contributed by atoms with Gasteiger partial charge in [-0.1, -0.05) is 6.92 Å². The molecule has 1 aliphatic rings. The van der Waals surface area contributed by atoms with Crippen LogP contribution in [0.3, 0.4) is 0 Å². The number of piperazine rings is 1. The van der Waals surface area contributed by atoms with Gasteiger partial charge in [0.15, 0.2) is 0 Å². The highest BCUT2D eigenvalue weighted by Gasteiger charge is 2.20. The minimum atomic E-state index is -0.914. The minimum absolute atomic E-state index is 0.283. The summed E-state index contributed by atoms with van der Waals surface area (Å²) in [5.41, 5.74) is 0.283. The normalized spacial score (nSPS) is 18.1. The molecule has 0 aromatic carbocycles. The molecular weight excluding hydrogens is 232 g/mol. The molecule has 5 nitrogen and oxygen atoms in total. The molecule has 100 valence electrons. The molecule has 0 saturated carbocycles. The molecule has 1 fully saturated rings. The number of nitrogens with zero attached hydrogens (tertiary/aromatic N) is 2. The van der Waals surface area contributed by atoms with Crippen molar-refractivity contribution in [3.05, 3.63) is 23.7 Å². The molecule has 1 aromatic heterocycles. The molecule has 0 unspecified atom stereocenters. The lowest BCUT2D eigenvalue weighted by molar-refractivity contribution is 0.0690. The third kappa shape index (κ3) is 3.11. The highest BCUT2D eigenvalue weighted by molar-refractivity contribution is 5.88. The van der Waals surface area contributed by atoms with Gasteiger partial charge in [0.25, 0.3) is 0 Å². The Morgan fingerprint density at radius 2 is 2.00 bits per heavy atom. The lowest BCUT2D eigenvalue weighted by Crippen LogP contribution is -2.46. The van der Waals surface area contributed by atoms with Crippen LogP contribution >= 0.6 is 0 Å². The second-order valence-corrected chi connectivity index (χ2v) is 4.68. The standard InChI is InChI=1S/C13H20N2O3/c1-2-4-14-5-7-15(8-6-14)10-12-11(13(16)17)3-9-18-12/h3,9H,2,4-8,10H2,1H3,(H,16,17). The topological polar surface area (TPSA) is 56.9 Å². The number of hydrogen-bond donors (Lipinski definition) is 1. The first-order valence-electron chi connectivity index (χ1n) is 6.45. The smallest absolute Gasteiger partial charge is 0.339 e. The Balaban J connectivity index is 1.88. The summed E-state index contributed by atoms with van der Waals surface area (Å²) in [6, 6.07) is 1.52. The molecular formula is C13H20N2O3. The lowest BCUT2D eigenvalue weighted by atomic mass is 10.2.